The summed E-state index contributed by atoms with van der Waals surface area (Å²) in [6, 6.07) is 12.3. The Labute approximate surface area is 250 Å². The van der Waals surface area contributed by atoms with Crippen LogP contribution in [0, 0.1) is 0 Å². The molecular formula is C29H33Cl2N5O4S. The Bertz CT molecular complexity index is 1530. The fourth-order valence-electron chi connectivity index (χ4n) is 5.46. The van der Waals surface area contributed by atoms with Gasteiger partial charge in [-0.1, -0.05) is 53.9 Å². The molecule has 218 valence electrons. The number of hydrogen-bond acceptors (Lipinski definition) is 6. The molecule has 0 radical (unpaired) electrons. The lowest BCUT2D eigenvalue weighted by atomic mass is 10.1. The van der Waals surface area contributed by atoms with E-state index in [1.165, 1.54) is 16.8 Å². The standard InChI is InChI=1S/C29H33Cl2N5O4S/c30-23-10-9-22(24(31)18-23)19-33-29(38)25-20-35(27(37)11-15-34-13-2-1-3-14-34)16-17-36(25)41(39,40)26-8-4-6-21-7-5-12-32-28(21)26/h4-10,12,18,25H,1-3,11,13-17,19-20H2,(H,33,38). The van der Waals surface area contributed by atoms with Gasteiger partial charge in [-0.25, -0.2) is 8.42 Å². The van der Waals surface area contributed by atoms with Crippen LogP contribution in [-0.4, -0.2) is 84.6 Å². The summed E-state index contributed by atoms with van der Waals surface area (Å²) in [6.45, 7) is 2.84. The number of piperazine rings is 1. The van der Waals surface area contributed by atoms with Gasteiger partial charge in [0.2, 0.25) is 21.8 Å². The maximum absolute atomic E-state index is 14.1. The molecule has 2 saturated heterocycles. The molecule has 5 rings (SSSR count). The van der Waals surface area contributed by atoms with Gasteiger partial charge >= 0.3 is 0 Å². The average Bonchev–Trinajstić information content (AvgIpc) is 2.99. The van der Waals surface area contributed by atoms with Crippen LogP contribution >= 0.6 is 23.2 Å². The first-order chi connectivity index (χ1) is 19.7. The molecule has 2 aliphatic rings. The number of para-hydroxylation sites is 1. The van der Waals surface area contributed by atoms with Crippen molar-refractivity contribution in [1.29, 1.82) is 0 Å². The fraction of sp³-hybridized carbons (Fsp3) is 0.414. The van der Waals surface area contributed by atoms with E-state index in [-0.39, 0.29) is 37.0 Å². The van der Waals surface area contributed by atoms with Gasteiger partial charge < -0.3 is 15.1 Å². The Morgan fingerprint density at radius 3 is 2.54 bits per heavy atom. The lowest BCUT2D eigenvalue weighted by Crippen LogP contribution is -2.61. The van der Waals surface area contributed by atoms with Crippen molar-refractivity contribution in [3.63, 3.8) is 0 Å². The molecule has 12 heteroatoms. The molecule has 3 aromatic rings. The molecule has 0 saturated carbocycles. The van der Waals surface area contributed by atoms with E-state index >= 15 is 0 Å². The number of pyridine rings is 1. The minimum atomic E-state index is -4.14. The number of carbonyl (C=O) groups is 2. The van der Waals surface area contributed by atoms with Gasteiger partial charge in [-0.15, -0.1) is 0 Å². The first kappa shape index (κ1) is 29.7. The summed E-state index contributed by atoms with van der Waals surface area (Å²) in [6.07, 6.45) is 5.35. The second-order valence-corrected chi connectivity index (χ2v) is 13.1. The third-order valence-corrected chi connectivity index (χ3v) is 10.3. The Hall–Kier alpha value is -2.76. The van der Waals surface area contributed by atoms with Crippen molar-refractivity contribution < 1.29 is 18.0 Å². The second-order valence-electron chi connectivity index (χ2n) is 10.4. The molecule has 2 aliphatic heterocycles. The maximum atomic E-state index is 14.1. The Kier molecular flexibility index (Phi) is 9.45. The van der Waals surface area contributed by atoms with Gasteiger partial charge in [0.25, 0.3) is 0 Å². The van der Waals surface area contributed by atoms with Gasteiger partial charge in [0.1, 0.15) is 10.9 Å². The van der Waals surface area contributed by atoms with E-state index < -0.39 is 22.0 Å². The summed E-state index contributed by atoms with van der Waals surface area (Å²) >= 11 is 12.3. The number of likely N-dealkylation sites (tertiary alicyclic amines) is 1. The third kappa shape index (κ3) is 6.84. The van der Waals surface area contributed by atoms with Crippen LogP contribution < -0.4 is 5.32 Å². The summed E-state index contributed by atoms with van der Waals surface area (Å²) in [5.74, 6) is -0.598. The number of rotatable bonds is 8. The molecular weight excluding hydrogens is 585 g/mol. The highest BCUT2D eigenvalue weighted by atomic mass is 35.5. The largest absolute Gasteiger partial charge is 0.351 e. The highest BCUT2D eigenvalue weighted by molar-refractivity contribution is 7.89. The molecule has 2 fully saturated rings. The van der Waals surface area contributed by atoms with E-state index in [0.717, 1.165) is 25.9 Å². The van der Waals surface area contributed by atoms with Crippen LogP contribution in [0.1, 0.15) is 31.2 Å². The topological polar surface area (TPSA) is 103 Å². The first-order valence-corrected chi connectivity index (χ1v) is 16.0. The number of benzene rings is 2. The monoisotopic (exact) mass is 617 g/mol. The molecule has 1 aromatic heterocycles. The van der Waals surface area contributed by atoms with Gasteiger partial charge in [-0.05, 0) is 55.8 Å². The summed E-state index contributed by atoms with van der Waals surface area (Å²) < 4.78 is 29.3. The summed E-state index contributed by atoms with van der Waals surface area (Å²) in [5.41, 5.74) is 0.976. The number of hydrogen-bond donors (Lipinski definition) is 1. The van der Waals surface area contributed by atoms with Crippen molar-refractivity contribution >= 4 is 55.9 Å². The van der Waals surface area contributed by atoms with Crippen LogP contribution in [-0.2, 0) is 26.2 Å². The highest BCUT2D eigenvalue weighted by Crippen LogP contribution is 2.28. The van der Waals surface area contributed by atoms with Crippen molar-refractivity contribution in [3.05, 3.63) is 70.3 Å². The lowest BCUT2D eigenvalue weighted by molar-refractivity contribution is -0.136. The number of carbonyl (C=O) groups excluding carboxylic acids is 2. The van der Waals surface area contributed by atoms with Gasteiger partial charge in [0, 0.05) is 60.8 Å². The number of sulfonamides is 1. The van der Waals surface area contributed by atoms with Crippen LogP contribution in [0.25, 0.3) is 10.9 Å². The van der Waals surface area contributed by atoms with Crippen LogP contribution in [0.15, 0.2) is 59.6 Å². The number of halogens is 2. The SMILES string of the molecule is O=C(NCc1ccc(Cl)cc1Cl)C1CN(C(=O)CCN2CCCCC2)CCN1S(=O)(=O)c1cccc2cccnc12. The molecule has 3 heterocycles. The predicted molar refractivity (Wildman–Crippen MR) is 159 cm³/mol. The molecule has 0 aliphatic carbocycles. The molecule has 2 aromatic carbocycles. The maximum Gasteiger partial charge on any atom is 0.246 e. The van der Waals surface area contributed by atoms with Gasteiger partial charge in [-0.2, -0.15) is 4.31 Å². The highest BCUT2D eigenvalue weighted by Gasteiger charge is 2.42. The predicted octanol–water partition coefficient (Wildman–Crippen LogP) is 3.94. The van der Waals surface area contributed by atoms with Crippen LogP contribution in [0.5, 0.6) is 0 Å². The molecule has 1 unspecified atom stereocenters. The van der Waals surface area contributed by atoms with Crippen LogP contribution in [0.4, 0.5) is 0 Å². The number of piperidine rings is 1. The normalized spacial score (nSPS) is 18.9. The molecule has 9 nitrogen and oxygen atoms in total. The van der Waals surface area contributed by atoms with E-state index in [2.05, 4.69) is 15.2 Å². The smallest absolute Gasteiger partial charge is 0.246 e. The molecule has 1 atom stereocenters. The number of amides is 2. The first-order valence-electron chi connectivity index (χ1n) is 13.8. The van der Waals surface area contributed by atoms with Gasteiger partial charge in [0.05, 0.1) is 5.52 Å². The van der Waals surface area contributed by atoms with Gasteiger partial charge in [-0.3, -0.25) is 14.6 Å². The van der Waals surface area contributed by atoms with Crippen LogP contribution in [0.3, 0.4) is 0 Å². The van der Waals surface area contributed by atoms with E-state index in [0.29, 0.717) is 39.5 Å². The number of nitrogens with zero attached hydrogens (tertiary/aromatic N) is 4. The van der Waals surface area contributed by atoms with Crippen molar-refractivity contribution in [2.24, 2.45) is 0 Å². The van der Waals surface area contributed by atoms with E-state index in [4.69, 9.17) is 23.2 Å². The Morgan fingerprint density at radius 1 is 0.976 bits per heavy atom. The summed E-state index contributed by atoms with van der Waals surface area (Å²) in [5, 5.41) is 4.37. The zero-order valence-corrected chi connectivity index (χ0v) is 25.0. The second kappa shape index (κ2) is 13.0. The summed E-state index contributed by atoms with van der Waals surface area (Å²) in [4.78, 5) is 35.1. The van der Waals surface area contributed by atoms with Crippen LogP contribution in [0.2, 0.25) is 10.0 Å². The number of fused-ring (bicyclic) bond motifs is 1. The molecule has 0 spiro atoms. The fourth-order valence-corrected chi connectivity index (χ4v) is 7.68. The Balaban J connectivity index is 1.38. The molecule has 0 bridgehead atoms. The number of aromatic nitrogens is 1. The minimum Gasteiger partial charge on any atom is -0.351 e. The van der Waals surface area contributed by atoms with Crippen molar-refractivity contribution in [2.45, 2.75) is 43.2 Å². The van der Waals surface area contributed by atoms with Gasteiger partial charge in [0.15, 0.2) is 0 Å². The molecule has 41 heavy (non-hydrogen) atoms. The molecule has 2 amide bonds. The van der Waals surface area contributed by atoms with Crippen molar-refractivity contribution in [2.75, 3.05) is 39.3 Å². The third-order valence-electron chi connectivity index (χ3n) is 7.73. The summed E-state index contributed by atoms with van der Waals surface area (Å²) in [7, 11) is -4.14. The number of nitrogens with one attached hydrogen (secondary N) is 1. The zero-order valence-electron chi connectivity index (χ0n) is 22.6. The Morgan fingerprint density at radius 2 is 1.76 bits per heavy atom. The van der Waals surface area contributed by atoms with Crippen molar-refractivity contribution in [3.8, 4) is 0 Å². The van der Waals surface area contributed by atoms with E-state index in [1.54, 1.807) is 53.6 Å². The molecule has 1 N–H and O–H groups in total. The van der Waals surface area contributed by atoms with E-state index in [9.17, 15) is 18.0 Å². The van der Waals surface area contributed by atoms with Crippen molar-refractivity contribution in [1.82, 2.24) is 24.4 Å². The average molecular weight is 619 g/mol. The van der Waals surface area contributed by atoms with E-state index in [1.807, 2.05) is 0 Å². The minimum absolute atomic E-state index is 0.0131. The zero-order chi connectivity index (χ0) is 29.0. The lowest BCUT2D eigenvalue weighted by Gasteiger charge is -2.40. The quantitative estimate of drug-likeness (QED) is 0.411.